The predicted molar refractivity (Wildman–Crippen MR) is 148 cm³/mol. The minimum absolute atomic E-state index is 0.142. The van der Waals surface area contributed by atoms with Crippen LogP contribution >= 0.6 is 11.6 Å². The minimum atomic E-state index is -0.308. The minimum Gasteiger partial charge on any atom is -0.357 e. The van der Waals surface area contributed by atoms with E-state index in [0.29, 0.717) is 24.0 Å². The van der Waals surface area contributed by atoms with Crippen LogP contribution in [0.3, 0.4) is 0 Å². The van der Waals surface area contributed by atoms with Gasteiger partial charge in [0.2, 0.25) is 5.91 Å². The smallest absolute Gasteiger partial charge is 0.226 e. The Kier molecular flexibility index (Phi) is 7.98. The molecule has 1 unspecified atom stereocenters. The molecule has 5 rings (SSSR count). The molecule has 3 heterocycles. The first-order valence-electron chi connectivity index (χ1n) is 13.7. The van der Waals surface area contributed by atoms with E-state index in [0.717, 1.165) is 80.9 Å². The number of benzene rings is 1. The number of hydrogen-bond donors (Lipinski definition) is 0. The molecular formula is C29H37ClFN5O. The molecule has 0 spiro atoms. The Morgan fingerprint density at radius 2 is 1.95 bits per heavy atom. The number of aliphatic imine (C=N–C) groups is 1. The SMILES string of the molecule is CCCC(C1CCN(c2ccc(F)cn2)CC1)N1C(=NC)CN(C(=O)C2CCC2)Cc2cc(Cl)ccc21. The summed E-state index contributed by atoms with van der Waals surface area (Å²) >= 11 is 6.46. The summed E-state index contributed by atoms with van der Waals surface area (Å²) in [6, 6.07) is 9.61. The van der Waals surface area contributed by atoms with Crippen molar-refractivity contribution in [2.24, 2.45) is 16.8 Å². The fraction of sp³-hybridized carbons (Fsp3) is 0.552. The average molecular weight is 526 g/mol. The van der Waals surface area contributed by atoms with Crippen LogP contribution < -0.4 is 9.80 Å². The number of amidine groups is 1. The third kappa shape index (κ3) is 5.47. The molecule has 2 aromatic rings. The molecule has 1 aromatic carbocycles. The Bertz CT molecular complexity index is 1130. The zero-order valence-electron chi connectivity index (χ0n) is 21.9. The maximum absolute atomic E-state index is 13.4. The number of anilines is 2. The van der Waals surface area contributed by atoms with E-state index in [2.05, 4.69) is 27.8 Å². The number of piperidine rings is 1. The molecule has 8 heteroatoms. The van der Waals surface area contributed by atoms with Gasteiger partial charge in [-0.15, -0.1) is 0 Å². The van der Waals surface area contributed by atoms with Crippen molar-refractivity contribution in [3.8, 4) is 0 Å². The van der Waals surface area contributed by atoms with Gasteiger partial charge in [-0.1, -0.05) is 31.4 Å². The quantitative estimate of drug-likeness (QED) is 0.468. The second kappa shape index (κ2) is 11.4. The maximum Gasteiger partial charge on any atom is 0.226 e. The first-order chi connectivity index (χ1) is 18.0. The van der Waals surface area contributed by atoms with Crippen molar-refractivity contribution in [3.63, 3.8) is 0 Å². The lowest BCUT2D eigenvalue weighted by Gasteiger charge is -2.43. The largest absolute Gasteiger partial charge is 0.357 e. The molecule has 0 N–H and O–H groups in total. The van der Waals surface area contributed by atoms with Crippen LogP contribution in [0, 0.1) is 17.7 Å². The summed E-state index contributed by atoms with van der Waals surface area (Å²) < 4.78 is 13.4. The summed E-state index contributed by atoms with van der Waals surface area (Å²) in [4.78, 5) is 29.1. The predicted octanol–water partition coefficient (Wildman–Crippen LogP) is 5.94. The molecule has 3 aliphatic rings. The van der Waals surface area contributed by atoms with Crippen LogP contribution in [0.4, 0.5) is 15.9 Å². The number of carbonyl (C=O) groups is 1. The van der Waals surface area contributed by atoms with E-state index < -0.39 is 0 Å². The van der Waals surface area contributed by atoms with Crippen LogP contribution in [0.5, 0.6) is 0 Å². The topological polar surface area (TPSA) is 52.0 Å². The van der Waals surface area contributed by atoms with Gasteiger partial charge in [0.1, 0.15) is 17.5 Å². The zero-order valence-corrected chi connectivity index (χ0v) is 22.6. The summed E-state index contributed by atoms with van der Waals surface area (Å²) in [5.41, 5.74) is 2.21. The molecule has 1 amide bonds. The molecule has 1 aliphatic carbocycles. The lowest BCUT2D eigenvalue weighted by molar-refractivity contribution is -0.137. The number of fused-ring (bicyclic) bond motifs is 1. The van der Waals surface area contributed by atoms with E-state index in [1.165, 1.54) is 12.3 Å². The van der Waals surface area contributed by atoms with E-state index >= 15 is 0 Å². The normalized spacial score (nSPS) is 21.0. The highest BCUT2D eigenvalue weighted by Gasteiger charge is 2.38. The van der Waals surface area contributed by atoms with Crippen molar-refractivity contribution in [1.29, 1.82) is 0 Å². The Labute approximate surface area is 224 Å². The van der Waals surface area contributed by atoms with Crippen LogP contribution in [0.15, 0.2) is 41.5 Å². The van der Waals surface area contributed by atoms with Gasteiger partial charge in [0.05, 0.1) is 12.7 Å². The van der Waals surface area contributed by atoms with E-state index in [-0.39, 0.29) is 23.7 Å². The first-order valence-corrected chi connectivity index (χ1v) is 14.0. The van der Waals surface area contributed by atoms with Crippen LogP contribution in [-0.2, 0) is 11.3 Å². The lowest BCUT2D eigenvalue weighted by atomic mass is 9.84. The van der Waals surface area contributed by atoms with Gasteiger partial charge in [-0.25, -0.2) is 9.37 Å². The van der Waals surface area contributed by atoms with Crippen molar-refractivity contribution in [2.45, 2.75) is 64.5 Å². The standard InChI is InChI=1S/C29H37ClFN5O/c1-3-5-25(20-12-14-34(15-13-20)27-11-9-24(31)17-33-27)36-26-10-8-23(30)16-22(26)18-35(19-28(36)32-2)29(37)21-6-4-7-21/h8-11,16-17,20-21,25H,3-7,12-15,18-19H2,1-2H3. The molecule has 2 fully saturated rings. The van der Waals surface area contributed by atoms with Crippen molar-refractivity contribution >= 4 is 34.8 Å². The number of nitrogens with zero attached hydrogens (tertiary/aromatic N) is 5. The van der Waals surface area contributed by atoms with Gasteiger partial charge in [0, 0.05) is 49.4 Å². The fourth-order valence-electron chi connectivity index (χ4n) is 6.12. The molecule has 2 aliphatic heterocycles. The number of carbonyl (C=O) groups excluding carboxylic acids is 1. The number of aromatic nitrogens is 1. The lowest BCUT2D eigenvalue weighted by Crippen LogP contribution is -2.51. The number of hydrogen-bond acceptors (Lipinski definition) is 4. The molecule has 37 heavy (non-hydrogen) atoms. The molecule has 0 bridgehead atoms. The van der Waals surface area contributed by atoms with Crippen molar-refractivity contribution < 1.29 is 9.18 Å². The highest BCUT2D eigenvalue weighted by atomic mass is 35.5. The van der Waals surface area contributed by atoms with E-state index in [1.54, 1.807) is 6.07 Å². The Morgan fingerprint density at radius 1 is 1.16 bits per heavy atom. The Balaban J connectivity index is 1.43. The molecule has 1 saturated heterocycles. The molecule has 198 valence electrons. The number of pyridine rings is 1. The van der Waals surface area contributed by atoms with Crippen molar-refractivity contribution in [3.05, 3.63) is 52.9 Å². The second-order valence-corrected chi connectivity index (χ2v) is 11.1. The van der Waals surface area contributed by atoms with Gasteiger partial charge in [-0.05, 0) is 73.9 Å². The summed E-state index contributed by atoms with van der Waals surface area (Å²) in [7, 11) is 1.85. The van der Waals surface area contributed by atoms with Gasteiger partial charge in [-0.3, -0.25) is 9.79 Å². The van der Waals surface area contributed by atoms with E-state index in [9.17, 15) is 9.18 Å². The zero-order chi connectivity index (χ0) is 25.9. The van der Waals surface area contributed by atoms with Gasteiger partial charge >= 0.3 is 0 Å². The van der Waals surface area contributed by atoms with Gasteiger partial charge in [-0.2, -0.15) is 0 Å². The van der Waals surface area contributed by atoms with Crippen LogP contribution in [0.1, 0.15) is 57.4 Å². The van der Waals surface area contributed by atoms with Crippen molar-refractivity contribution in [1.82, 2.24) is 9.88 Å². The molecule has 1 atom stereocenters. The van der Waals surface area contributed by atoms with Crippen molar-refractivity contribution in [2.75, 3.05) is 36.5 Å². The monoisotopic (exact) mass is 525 g/mol. The average Bonchev–Trinajstić information content (AvgIpc) is 3.03. The summed E-state index contributed by atoms with van der Waals surface area (Å²) in [6.45, 7) is 5.09. The van der Waals surface area contributed by atoms with Crippen LogP contribution in [0.2, 0.25) is 5.02 Å². The molecule has 0 radical (unpaired) electrons. The third-order valence-electron chi connectivity index (χ3n) is 8.33. The fourth-order valence-corrected chi connectivity index (χ4v) is 6.32. The maximum atomic E-state index is 13.4. The number of amides is 1. The molecule has 1 aromatic heterocycles. The summed E-state index contributed by atoms with van der Waals surface area (Å²) in [6.07, 6.45) is 8.54. The summed E-state index contributed by atoms with van der Waals surface area (Å²) in [5.74, 6) is 2.33. The number of halogens is 2. The summed E-state index contributed by atoms with van der Waals surface area (Å²) in [5, 5.41) is 0.693. The van der Waals surface area contributed by atoms with E-state index in [1.807, 2.05) is 24.1 Å². The van der Waals surface area contributed by atoms with Crippen LogP contribution in [0.25, 0.3) is 0 Å². The van der Waals surface area contributed by atoms with E-state index in [4.69, 9.17) is 16.6 Å². The molecule has 6 nitrogen and oxygen atoms in total. The highest BCUT2D eigenvalue weighted by molar-refractivity contribution is 6.30. The highest BCUT2D eigenvalue weighted by Crippen LogP contribution is 2.38. The van der Waals surface area contributed by atoms with Gasteiger partial charge in [0.25, 0.3) is 0 Å². The van der Waals surface area contributed by atoms with Crippen LogP contribution in [-0.4, -0.2) is 54.4 Å². The molecule has 1 saturated carbocycles. The second-order valence-electron chi connectivity index (χ2n) is 10.6. The van der Waals surface area contributed by atoms with Gasteiger partial charge in [0.15, 0.2) is 0 Å². The Morgan fingerprint density at radius 3 is 2.57 bits per heavy atom. The first kappa shape index (κ1) is 26.0. The molecular weight excluding hydrogens is 489 g/mol. The van der Waals surface area contributed by atoms with Gasteiger partial charge < -0.3 is 14.7 Å². The Hall–Kier alpha value is -2.67. The third-order valence-corrected chi connectivity index (χ3v) is 8.57. The number of rotatable bonds is 6.